The Hall–Kier alpha value is -1.07. The van der Waals surface area contributed by atoms with Crippen LogP contribution in [0.2, 0.25) is 0 Å². The van der Waals surface area contributed by atoms with Crippen LogP contribution in [0.5, 0.6) is 5.75 Å². The lowest BCUT2D eigenvalue weighted by atomic mass is 10.2. The summed E-state index contributed by atoms with van der Waals surface area (Å²) >= 11 is 3.38. The number of carbonyl (C=O) groups is 1. The molecule has 0 atom stereocenters. The predicted molar refractivity (Wildman–Crippen MR) is 84.8 cm³/mol. The highest BCUT2D eigenvalue weighted by Crippen LogP contribution is 2.16. The molecule has 20 heavy (non-hydrogen) atoms. The van der Waals surface area contributed by atoms with Gasteiger partial charge in [0.1, 0.15) is 5.75 Å². The monoisotopic (exact) mass is 342 g/mol. The molecule has 1 aromatic rings. The van der Waals surface area contributed by atoms with Crippen LogP contribution in [0.4, 0.5) is 0 Å². The molecule has 0 aliphatic rings. The van der Waals surface area contributed by atoms with Gasteiger partial charge in [0, 0.05) is 17.4 Å². The first-order chi connectivity index (χ1) is 9.72. The van der Waals surface area contributed by atoms with Crippen LogP contribution in [-0.4, -0.2) is 25.6 Å². The molecular weight excluding hydrogens is 320 g/mol. The number of hydrogen-bond donors (Lipinski definition) is 2. The smallest absolute Gasteiger partial charge is 0.219 e. The van der Waals surface area contributed by atoms with Gasteiger partial charge in [0.05, 0.1) is 6.61 Å². The van der Waals surface area contributed by atoms with Crippen LogP contribution in [0.3, 0.4) is 0 Å². The van der Waals surface area contributed by atoms with Gasteiger partial charge in [-0.1, -0.05) is 15.9 Å². The van der Waals surface area contributed by atoms with Gasteiger partial charge in [-0.15, -0.1) is 0 Å². The third kappa shape index (κ3) is 8.17. The van der Waals surface area contributed by atoms with E-state index in [1.54, 1.807) is 0 Å². The molecular formula is C15H23BrN2O2. The molecule has 0 aromatic heterocycles. The van der Waals surface area contributed by atoms with Crippen molar-refractivity contribution in [3.8, 4) is 5.75 Å². The number of hydrogen-bond acceptors (Lipinski definition) is 3. The quantitative estimate of drug-likeness (QED) is 0.642. The van der Waals surface area contributed by atoms with Gasteiger partial charge in [-0.2, -0.15) is 0 Å². The van der Waals surface area contributed by atoms with Gasteiger partial charge in [-0.05, 0) is 56.5 Å². The van der Waals surface area contributed by atoms with Crippen LogP contribution in [0, 0.1) is 0 Å². The second-order valence-corrected chi connectivity index (χ2v) is 5.52. The van der Waals surface area contributed by atoms with Crippen molar-refractivity contribution < 1.29 is 9.53 Å². The molecule has 1 aromatic carbocycles. The molecule has 4 nitrogen and oxygen atoms in total. The molecule has 0 saturated carbocycles. The second-order valence-electron chi connectivity index (χ2n) is 4.61. The maximum atomic E-state index is 11.5. The van der Waals surface area contributed by atoms with E-state index in [9.17, 15) is 4.79 Å². The zero-order chi connectivity index (χ0) is 14.6. The fourth-order valence-corrected chi connectivity index (χ4v) is 1.96. The van der Waals surface area contributed by atoms with Gasteiger partial charge in [0.15, 0.2) is 0 Å². The highest BCUT2D eigenvalue weighted by molar-refractivity contribution is 9.10. The Balaban J connectivity index is 1.98. The Morgan fingerprint density at radius 2 is 1.90 bits per heavy atom. The number of carbonyl (C=O) groups excluding carboxylic acids is 1. The van der Waals surface area contributed by atoms with Crippen LogP contribution in [-0.2, 0) is 4.79 Å². The van der Waals surface area contributed by atoms with E-state index in [1.807, 2.05) is 24.3 Å². The minimum Gasteiger partial charge on any atom is -0.494 e. The van der Waals surface area contributed by atoms with Crippen molar-refractivity contribution in [1.29, 1.82) is 0 Å². The van der Waals surface area contributed by atoms with Gasteiger partial charge in [0.25, 0.3) is 0 Å². The number of amides is 1. The standard InChI is InChI=1S/C15H23BrN2O2/c16-13-6-8-14(9-7-13)20-12-4-1-5-15(19)18-11-3-2-10-17/h6-9H,1-5,10-12,17H2,(H,18,19). The van der Waals surface area contributed by atoms with E-state index in [4.69, 9.17) is 10.5 Å². The van der Waals surface area contributed by atoms with Crippen molar-refractivity contribution in [1.82, 2.24) is 5.32 Å². The molecule has 0 radical (unpaired) electrons. The summed E-state index contributed by atoms with van der Waals surface area (Å²) in [6.45, 7) is 2.05. The van der Waals surface area contributed by atoms with Crippen molar-refractivity contribution in [2.75, 3.05) is 19.7 Å². The number of rotatable bonds is 10. The zero-order valence-electron chi connectivity index (χ0n) is 11.7. The number of ether oxygens (including phenoxy) is 1. The molecule has 3 N–H and O–H groups in total. The Morgan fingerprint density at radius 1 is 1.15 bits per heavy atom. The molecule has 1 amide bonds. The minimum absolute atomic E-state index is 0.116. The highest BCUT2D eigenvalue weighted by atomic mass is 79.9. The first-order valence-electron chi connectivity index (χ1n) is 7.07. The third-order valence-electron chi connectivity index (χ3n) is 2.83. The van der Waals surface area contributed by atoms with Crippen molar-refractivity contribution in [2.24, 2.45) is 5.73 Å². The average molecular weight is 343 g/mol. The first-order valence-corrected chi connectivity index (χ1v) is 7.87. The fraction of sp³-hybridized carbons (Fsp3) is 0.533. The van der Waals surface area contributed by atoms with Gasteiger partial charge >= 0.3 is 0 Å². The minimum atomic E-state index is 0.116. The summed E-state index contributed by atoms with van der Waals surface area (Å²) in [6.07, 6.45) is 4.20. The van der Waals surface area contributed by atoms with Crippen molar-refractivity contribution in [2.45, 2.75) is 32.1 Å². The molecule has 112 valence electrons. The average Bonchev–Trinajstić information content (AvgIpc) is 2.45. The van der Waals surface area contributed by atoms with E-state index in [0.717, 1.165) is 42.5 Å². The number of unbranched alkanes of at least 4 members (excludes halogenated alkanes) is 2. The van der Waals surface area contributed by atoms with Crippen LogP contribution < -0.4 is 15.8 Å². The van der Waals surface area contributed by atoms with E-state index in [-0.39, 0.29) is 5.91 Å². The summed E-state index contributed by atoms with van der Waals surface area (Å²) in [5.74, 6) is 0.977. The molecule has 1 rings (SSSR count). The summed E-state index contributed by atoms with van der Waals surface area (Å²) in [4.78, 5) is 11.5. The SMILES string of the molecule is NCCCCNC(=O)CCCCOc1ccc(Br)cc1. The Kier molecular flexibility index (Phi) is 9.07. The van der Waals surface area contributed by atoms with Gasteiger partial charge in [-0.25, -0.2) is 0 Å². The summed E-state index contributed by atoms with van der Waals surface area (Å²) < 4.78 is 6.63. The molecule has 5 heteroatoms. The zero-order valence-corrected chi connectivity index (χ0v) is 13.3. The van der Waals surface area contributed by atoms with E-state index >= 15 is 0 Å². The largest absolute Gasteiger partial charge is 0.494 e. The van der Waals surface area contributed by atoms with Crippen LogP contribution in [0.1, 0.15) is 32.1 Å². The molecule has 0 saturated heterocycles. The normalized spacial score (nSPS) is 10.3. The highest BCUT2D eigenvalue weighted by Gasteiger charge is 2.00. The second kappa shape index (κ2) is 10.7. The summed E-state index contributed by atoms with van der Waals surface area (Å²) in [5, 5.41) is 2.89. The summed E-state index contributed by atoms with van der Waals surface area (Å²) in [5.41, 5.74) is 5.39. The Morgan fingerprint density at radius 3 is 2.60 bits per heavy atom. The Bertz CT molecular complexity index is 382. The number of nitrogens with one attached hydrogen (secondary N) is 1. The third-order valence-corrected chi connectivity index (χ3v) is 3.36. The van der Waals surface area contributed by atoms with E-state index in [2.05, 4.69) is 21.2 Å². The van der Waals surface area contributed by atoms with Gasteiger partial charge < -0.3 is 15.8 Å². The van der Waals surface area contributed by atoms with E-state index in [0.29, 0.717) is 19.6 Å². The van der Waals surface area contributed by atoms with E-state index < -0.39 is 0 Å². The maximum Gasteiger partial charge on any atom is 0.219 e. The van der Waals surface area contributed by atoms with E-state index in [1.165, 1.54) is 0 Å². The maximum absolute atomic E-state index is 11.5. The van der Waals surface area contributed by atoms with Crippen molar-refractivity contribution in [3.63, 3.8) is 0 Å². The lowest BCUT2D eigenvalue weighted by molar-refractivity contribution is -0.121. The Labute approximate surface area is 129 Å². The lowest BCUT2D eigenvalue weighted by Crippen LogP contribution is -2.24. The molecule has 0 spiro atoms. The topological polar surface area (TPSA) is 64.3 Å². The fourth-order valence-electron chi connectivity index (χ4n) is 1.69. The van der Waals surface area contributed by atoms with Crippen molar-refractivity contribution >= 4 is 21.8 Å². The summed E-state index contributed by atoms with van der Waals surface area (Å²) in [6, 6.07) is 7.75. The van der Waals surface area contributed by atoms with Gasteiger partial charge in [0.2, 0.25) is 5.91 Å². The molecule has 0 fully saturated rings. The van der Waals surface area contributed by atoms with Crippen LogP contribution in [0.25, 0.3) is 0 Å². The molecule has 0 unspecified atom stereocenters. The molecule has 0 aliphatic heterocycles. The number of nitrogens with two attached hydrogens (primary N) is 1. The lowest BCUT2D eigenvalue weighted by Gasteiger charge is -2.07. The van der Waals surface area contributed by atoms with Gasteiger partial charge in [-0.3, -0.25) is 4.79 Å². The first kappa shape index (κ1) is 17.0. The molecule has 0 heterocycles. The summed E-state index contributed by atoms with van der Waals surface area (Å²) in [7, 11) is 0. The number of benzene rings is 1. The van der Waals surface area contributed by atoms with Crippen molar-refractivity contribution in [3.05, 3.63) is 28.7 Å². The predicted octanol–water partition coefficient (Wildman–Crippen LogP) is 2.85. The van der Waals surface area contributed by atoms with Crippen LogP contribution >= 0.6 is 15.9 Å². The number of halogens is 1. The van der Waals surface area contributed by atoms with Crippen LogP contribution in [0.15, 0.2) is 28.7 Å². The molecule has 0 aliphatic carbocycles. The molecule has 0 bridgehead atoms.